The number of para-hydroxylation sites is 1. The van der Waals surface area contributed by atoms with E-state index >= 15 is 0 Å². The maximum atomic E-state index is 14.1. The minimum Gasteiger partial charge on any atom is -0.483 e. The van der Waals surface area contributed by atoms with E-state index in [0.717, 1.165) is 24.1 Å². The average Bonchev–Trinajstić information content (AvgIpc) is 2.96. The van der Waals surface area contributed by atoms with Crippen molar-refractivity contribution in [3.8, 4) is 5.75 Å². The number of carbonyl (C=O) groups is 2. The molecule has 2 aromatic carbocycles. The Morgan fingerprint density at radius 1 is 1.27 bits per heavy atom. The van der Waals surface area contributed by atoms with Gasteiger partial charge in [0.2, 0.25) is 0 Å². The van der Waals surface area contributed by atoms with E-state index in [1.807, 2.05) is 31.2 Å². The molecule has 0 fully saturated rings. The Morgan fingerprint density at radius 3 is 2.92 bits per heavy atom. The molecule has 0 aromatic heterocycles. The lowest BCUT2D eigenvalue weighted by molar-refractivity contribution is -0.120. The predicted octanol–water partition coefficient (Wildman–Crippen LogP) is 3.87. The van der Waals surface area contributed by atoms with Gasteiger partial charge in [0.05, 0.1) is 5.56 Å². The number of anilines is 1. The van der Waals surface area contributed by atoms with Gasteiger partial charge in [0.25, 0.3) is 5.91 Å². The van der Waals surface area contributed by atoms with Gasteiger partial charge in [0.1, 0.15) is 11.6 Å². The summed E-state index contributed by atoms with van der Waals surface area (Å²) < 4.78 is 19.7. The Balaban J connectivity index is 1.54. The SMILES string of the molecule is CC1CC(=O)c2c(OCC(=O)N3CCCc4ccccc43)ccc(F)c21. The number of benzene rings is 2. The number of halogens is 1. The highest BCUT2D eigenvalue weighted by molar-refractivity contribution is 6.04. The van der Waals surface area contributed by atoms with Crippen LogP contribution in [0.1, 0.15) is 47.2 Å². The molecular formula is C21H20FNO3. The molecular weight excluding hydrogens is 333 g/mol. The summed E-state index contributed by atoms with van der Waals surface area (Å²) in [6.07, 6.45) is 2.14. The number of hydrogen-bond donors (Lipinski definition) is 0. The van der Waals surface area contributed by atoms with Crippen molar-refractivity contribution in [2.24, 2.45) is 0 Å². The number of carbonyl (C=O) groups excluding carboxylic acids is 2. The zero-order valence-corrected chi connectivity index (χ0v) is 14.6. The zero-order chi connectivity index (χ0) is 18.3. The third-order valence-electron chi connectivity index (χ3n) is 5.18. The van der Waals surface area contributed by atoms with Crippen LogP contribution in [0, 0.1) is 5.82 Å². The first-order valence-corrected chi connectivity index (χ1v) is 8.93. The van der Waals surface area contributed by atoms with Crippen molar-refractivity contribution in [3.05, 3.63) is 58.9 Å². The van der Waals surface area contributed by atoms with Gasteiger partial charge in [0.15, 0.2) is 12.4 Å². The Bertz CT molecular complexity index is 893. The van der Waals surface area contributed by atoms with Crippen molar-refractivity contribution in [3.63, 3.8) is 0 Å². The first-order chi connectivity index (χ1) is 12.6. The largest absolute Gasteiger partial charge is 0.483 e. The van der Waals surface area contributed by atoms with Gasteiger partial charge in [-0.1, -0.05) is 25.1 Å². The van der Waals surface area contributed by atoms with Gasteiger partial charge in [0, 0.05) is 24.2 Å². The maximum Gasteiger partial charge on any atom is 0.264 e. The lowest BCUT2D eigenvalue weighted by Crippen LogP contribution is -2.38. The third-order valence-corrected chi connectivity index (χ3v) is 5.18. The first kappa shape index (κ1) is 16.8. The number of aryl methyl sites for hydroxylation is 1. The lowest BCUT2D eigenvalue weighted by Gasteiger charge is -2.29. The Hall–Kier alpha value is -2.69. The molecule has 26 heavy (non-hydrogen) atoms. The summed E-state index contributed by atoms with van der Waals surface area (Å²) >= 11 is 0. The summed E-state index contributed by atoms with van der Waals surface area (Å²) in [6, 6.07) is 10.6. The van der Waals surface area contributed by atoms with Gasteiger partial charge >= 0.3 is 0 Å². The molecule has 0 bridgehead atoms. The standard InChI is InChI=1S/C21H20FNO3/c1-13-11-17(24)21-18(9-8-15(22)20(13)21)26-12-19(25)23-10-4-6-14-5-2-3-7-16(14)23/h2-3,5,7-9,13H,4,6,10-12H2,1H3. The van der Waals surface area contributed by atoms with Crippen molar-refractivity contribution in [2.75, 3.05) is 18.1 Å². The topological polar surface area (TPSA) is 46.6 Å². The molecule has 134 valence electrons. The van der Waals surface area contributed by atoms with E-state index in [4.69, 9.17) is 4.74 Å². The molecule has 1 unspecified atom stereocenters. The summed E-state index contributed by atoms with van der Waals surface area (Å²) in [6.45, 7) is 2.30. The number of fused-ring (bicyclic) bond motifs is 2. The molecule has 0 saturated carbocycles. The fourth-order valence-electron chi connectivity index (χ4n) is 3.96. The molecule has 4 rings (SSSR count). The number of Topliss-reactive ketones (excluding diaryl/α,β-unsaturated/α-hetero) is 1. The van der Waals surface area contributed by atoms with Crippen LogP contribution in [0.4, 0.5) is 10.1 Å². The number of hydrogen-bond acceptors (Lipinski definition) is 3. The second kappa shape index (κ2) is 6.56. The van der Waals surface area contributed by atoms with Crippen LogP contribution in [-0.2, 0) is 11.2 Å². The Kier molecular flexibility index (Phi) is 4.23. The Labute approximate surface area is 151 Å². The summed E-state index contributed by atoms with van der Waals surface area (Å²) in [5.41, 5.74) is 2.77. The van der Waals surface area contributed by atoms with Crippen LogP contribution in [0.15, 0.2) is 36.4 Å². The first-order valence-electron chi connectivity index (χ1n) is 8.93. The van der Waals surface area contributed by atoms with Gasteiger partial charge in [-0.2, -0.15) is 0 Å². The van der Waals surface area contributed by atoms with Crippen molar-refractivity contribution >= 4 is 17.4 Å². The summed E-state index contributed by atoms with van der Waals surface area (Å²) in [4.78, 5) is 26.6. The van der Waals surface area contributed by atoms with Gasteiger partial charge < -0.3 is 9.64 Å². The number of rotatable bonds is 3. The second-order valence-corrected chi connectivity index (χ2v) is 6.93. The van der Waals surface area contributed by atoms with Crippen LogP contribution < -0.4 is 9.64 Å². The number of ether oxygens (including phenoxy) is 1. The van der Waals surface area contributed by atoms with Crippen LogP contribution in [0.3, 0.4) is 0 Å². The predicted molar refractivity (Wildman–Crippen MR) is 96.4 cm³/mol. The molecule has 1 heterocycles. The van der Waals surface area contributed by atoms with Crippen LogP contribution in [0.2, 0.25) is 0 Å². The van der Waals surface area contributed by atoms with E-state index in [2.05, 4.69) is 0 Å². The molecule has 1 aliphatic carbocycles. The molecule has 4 nitrogen and oxygen atoms in total. The van der Waals surface area contributed by atoms with Crippen molar-refractivity contribution < 1.29 is 18.7 Å². The summed E-state index contributed by atoms with van der Waals surface area (Å²) in [5, 5.41) is 0. The van der Waals surface area contributed by atoms with Gasteiger partial charge in [-0.05, 0) is 42.5 Å². The molecule has 0 radical (unpaired) electrons. The number of ketones is 1. The van der Waals surface area contributed by atoms with E-state index in [-0.39, 0.29) is 36.5 Å². The average molecular weight is 353 g/mol. The minimum atomic E-state index is -0.387. The van der Waals surface area contributed by atoms with E-state index in [1.54, 1.807) is 4.90 Å². The minimum absolute atomic E-state index is 0.127. The van der Waals surface area contributed by atoms with Crippen LogP contribution >= 0.6 is 0 Å². The maximum absolute atomic E-state index is 14.1. The highest BCUT2D eigenvalue weighted by Crippen LogP contribution is 2.39. The summed E-state index contributed by atoms with van der Waals surface area (Å²) in [5.74, 6) is -0.534. The molecule has 0 saturated heterocycles. The van der Waals surface area contributed by atoms with Gasteiger partial charge in [-0.3, -0.25) is 9.59 Å². The van der Waals surface area contributed by atoms with Crippen molar-refractivity contribution in [1.29, 1.82) is 0 Å². The van der Waals surface area contributed by atoms with Gasteiger partial charge in [-0.25, -0.2) is 4.39 Å². The van der Waals surface area contributed by atoms with Crippen LogP contribution in [-0.4, -0.2) is 24.8 Å². The molecule has 5 heteroatoms. The zero-order valence-electron chi connectivity index (χ0n) is 14.6. The third kappa shape index (κ3) is 2.77. The van der Waals surface area contributed by atoms with E-state index in [1.165, 1.54) is 12.1 Å². The number of nitrogens with zero attached hydrogens (tertiary/aromatic N) is 1. The van der Waals surface area contributed by atoms with Crippen LogP contribution in [0.5, 0.6) is 5.75 Å². The fourth-order valence-corrected chi connectivity index (χ4v) is 3.96. The van der Waals surface area contributed by atoms with E-state index in [0.29, 0.717) is 23.4 Å². The molecule has 0 spiro atoms. The quantitative estimate of drug-likeness (QED) is 0.841. The van der Waals surface area contributed by atoms with Gasteiger partial charge in [-0.15, -0.1) is 0 Å². The van der Waals surface area contributed by atoms with Crippen LogP contribution in [0.25, 0.3) is 0 Å². The highest BCUT2D eigenvalue weighted by Gasteiger charge is 2.33. The smallest absolute Gasteiger partial charge is 0.264 e. The highest BCUT2D eigenvalue weighted by atomic mass is 19.1. The summed E-state index contributed by atoms with van der Waals surface area (Å²) in [7, 11) is 0. The molecule has 1 aliphatic heterocycles. The fraction of sp³-hybridized carbons (Fsp3) is 0.333. The van der Waals surface area contributed by atoms with Crippen molar-refractivity contribution in [1.82, 2.24) is 0 Å². The van der Waals surface area contributed by atoms with E-state index < -0.39 is 0 Å². The molecule has 2 aromatic rings. The molecule has 1 atom stereocenters. The molecule has 0 N–H and O–H groups in total. The second-order valence-electron chi connectivity index (χ2n) is 6.93. The molecule has 1 amide bonds. The normalized spacial score (nSPS) is 18.5. The molecule has 2 aliphatic rings. The van der Waals surface area contributed by atoms with E-state index in [9.17, 15) is 14.0 Å². The van der Waals surface area contributed by atoms with Crippen molar-refractivity contribution in [2.45, 2.75) is 32.1 Å². The Morgan fingerprint density at radius 2 is 2.08 bits per heavy atom. The number of amides is 1. The monoisotopic (exact) mass is 353 g/mol. The lowest BCUT2D eigenvalue weighted by atomic mass is 10.0.